The van der Waals surface area contributed by atoms with Crippen LogP contribution in [0.25, 0.3) is 0 Å². The van der Waals surface area contributed by atoms with Gasteiger partial charge >= 0.3 is 70.8 Å². The van der Waals surface area contributed by atoms with Gasteiger partial charge in [-0.25, -0.2) is 36.0 Å². The van der Waals surface area contributed by atoms with Gasteiger partial charge in [-0.05, 0) is 85.1 Å². The number of nitrogens with one attached hydrogen (secondary N) is 1. The molecule has 2 fully saturated rings. The Kier molecular flexibility index (Phi) is 61.2. The summed E-state index contributed by atoms with van der Waals surface area (Å²) in [6.45, 7) is 0.972. The maximum Gasteiger partial charge on any atom is 1.00 e. The summed E-state index contributed by atoms with van der Waals surface area (Å²) in [6, 6.07) is 39.5. The largest absolute Gasteiger partial charge is 1.00 e. The van der Waals surface area contributed by atoms with E-state index in [9.17, 15) is 38.4 Å². The van der Waals surface area contributed by atoms with Crippen LogP contribution < -0.4 is 45.9 Å². The van der Waals surface area contributed by atoms with Crippen molar-refractivity contribution in [2.75, 3.05) is 21.3 Å². The molecule has 2 saturated heterocycles. The topological polar surface area (TPSA) is 336 Å². The van der Waals surface area contributed by atoms with Crippen LogP contribution in [0.1, 0.15) is 109 Å². The van der Waals surface area contributed by atoms with Gasteiger partial charge in [-0.1, -0.05) is 152 Å². The van der Waals surface area contributed by atoms with Crippen LogP contribution in [0.15, 0.2) is 155 Å². The number of hydrogen-bond donors (Lipinski definition) is 6. The van der Waals surface area contributed by atoms with Crippen molar-refractivity contribution in [3.63, 3.8) is 0 Å². The summed E-state index contributed by atoms with van der Waals surface area (Å²) < 4.78 is 18.0. The van der Waals surface area contributed by atoms with E-state index >= 15 is 0 Å². The van der Waals surface area contributed by atoms with Gasteiger partial charge in [-0.2, -0.15) is 0 Å². The Balaban J connectivity index is -0.000000297. The molecule has 31 heteroatoms. The van der Waals surface area contributed by atoms with Crippen LogP contribution in [0, 0.1) is 0 Å². The Bertz CT molecular complexity index is 2750. The van der Waals surface area contributed by atoms with Gasteiger partial charge in [-0.15, -0.1) is 12.4 Å². The van der Waals surface area contributed by atoms with E-state index in [1.807, 2.05) is 78.9 Å². The average molecular weight is 1630 g/mol. The number of nitrogens with zero attached hydrogens (tertiary/aromatic N) is 1. The van der Waals surface area contributed by atoms with Crippen molar-refractivity contribution in [1.29, 1.82) is 0 Å². The van der Waals surface area contributed by atoms with Gasteiger partial charge in [0.2, 0.25) is 5.91 Å². The molecule has 0 saturated carbocycles. The molecule has 2 heterocycles. The van der Waals surface area contributed by atoms with Gasteiger partial charge in [0, 0.05) is 72.3 Å². The van der Waals surface area contributed by atoms with Crippen LogP contribution in [0.4, 0.5) is 0 Å². The molecule has 0 aromatic heterocycles. The van der Waals surface area contributed by atoms with Crippen molar-refractivity contribution in [2.24, 2.45) is 11.1 Å². The van der Waals surface area contributed by atoms with Gasteiger partial charge in [0.05, 0.1) is 58.1 Å². The van der Waals surface area contributed by atoms with Crippen molar-refractivity contribution in [3.05, 3.63) is 172 Å². The number of amides is 1. The van der Waals surface area contributed by atoms with Crippen molar-refractivity contribution in [2.45, 2.75) is 77.2 Å². The summed E-state index contributed by atoms with van der Waals surface area (Å²) in [5.74, 6) is -0.0371. The van der Waals surface area contributed by atoms with E-state index in [0.717, 1.165) is 48.4 Å². The number of ether oxygens (including phenoxy) is 3. The minimum atomic E-state index is -1.72. The van der Waals surface area contributed by atoms with Crippen LogP contribution in [0.5, 0.6) is 0 Å². The first kappa shape index (κ1) is 91.1. The normalized spacial score (nSPS) is 11.7. The third-order valence-electron chi connectivity index (χ3n) is 9.54. The molecule has 0 spiro atoms. The summed E-state index contributed by atoms with van der Waals surface area (Å²) in [4.78, 5) is 94.8. The number of Topliss-reactive ketones (excluding diaryl/α,β-unsaturated/α-hetero) is 2. The molecule has 86 heavy (non-hydrogen) atoms. The zero-order valence-corrected chi connectivity index (χ0v) is 61.1. The number of aliphatic hydroxyl groups is 1. The number of nitrogens with two attached hydrogens (primary N) is 1. The number of aliphatic carboxylic acids is 2. The first-order valence-electron chi connectivity index (χ1n) is 24.0. The number of aliphatic hydroxyl groups excluding tert-OH is 1. The fraction of sp³-hybridized carbons (Fsp3) is 0.273. The summed E-state index contributed by atoms with van der Waals surface area (Å²) in [5.41, 5.74) is 3.61. The number of hydrogen-bond acceptors (Lipinski definition) is 18. The molecule has 0 bridgehead atoms. The maximum absolute atomic E-state index is 11.6. The number of carboxylic acid groups (broad SMARTS) is 2. The van der Waals surface area contributed by atoms with Gasteiger partial charge in [-0.3, -0.25) is 38.4 Å². The monoisotopic (exact) mass is 1620 g/mol. The maximum atomic E-state index is 11.6. The average Bonchev–Trinajstić information content (AvgIpc) is 4.25. The van der Waals surface area contributed by atoms with Crippen LogP contribution >= 0.6 is 122 Å². The van der Waals surface area contributed by atoms with Gasteiger partial charge in [0.15, 0.2) is 11.6 Å². The molecule has 1 atom stereocenters. The van der Waals surface area contributed by atoms with E-state index in [2.05, 4.69) is 110 Å². The molecule has 1 amide bonds. The van der Waals surface area contributed by atoms with E-state index in [1.165, 1.54) is 19.8 Å². The van der Waals surface area contributed by atoms with Crippen molar-refractivity contribution >= 4 is 193 Å². The summed E-state index contributed by atoms with van der Waals surface area (Å²) in [6.07, 6.45) is 2.90. The molecule has 5 aromatic carbocycles. The molecule has 7 N–H and O–H groups in total. The second-order valence-electron chi connectivity index (χ2n) is 15.6. The second kappa shape index (κ2) is 57.8. The van der Waals surface area contributed by atoms with Gasteiger partial charge in [0.25, 0.3) is 0 Å². The first-order chi connectivity index (χ1) is 39.8. The minimum absolute atomic E-state index is 0. The smallest absolute Gasteiger partial charge is 0.550 e. The first-order valence-corrected chi connectivity index (χ1v) is 33.2. The molecule has 2 aliphatic rings. The van der Waals surface area contributed by atoms with Crippen molar-refractivity contribution in [1.82, 2.24) is 5.32 Å². The number of rotatable bonds is 13. The number of ketones is 2. The van der Waals surface area contributed by atoms with Crippen LogP contribution in [0.3, 0.4) is 0 Å². The minimum Gasteiger partial charge on any atom is -0.550 e. The van der Waals surface area contributed by atoms with E-state index in [-0.39, 0.29) is 122 Å². The molecule has 5 aromatic rings. The molecule has 20 nitrogen and oxygen atoms in total. The number of carbonyl (C=O) groups is 9. The molecule has 466 valence electrons. The number of halogens is 9. The third-order valence-corrected chi connectivity index (χ3v) is 12.2. The number of oxime groups is 1. The van der Waals surface area contributed by atoms with Crippen LogP contribution in [0.2, 0.25) is 0 Å². The van der Waals surface area contributed by atoms with Crippen molar-refractivity contribution in [3.8, 4) is 0 Å². The molecular weight excluding hydrogens is 1570 g/mol. The van der Waals surface area contributed by atoms with Crippen molar-refractivity contribution < 1.29 is 113 Å². The Morgan fingerprint density at radius 2 is 0.930 bits per heavy atom. The number of carbonyl (C=O) groups excluding carboxylic acids is 8. The van der Waals surface area contributed by atoms with Crippen LogP contribution in [-0.2, 0) is 47.8 Å². The van der Waals surface area contributed by atoms with E-state index < -0.39 is 35.3 Å². The fourth-order valence-corrected chi connectivity index (χ4v) is 7.08. The SMILES string of the molecule is Brc1ccccc1.CC(=O)[O-].CO.COC(=O)CC/C(=N\O)c1ccc(Br)cc1.COC(=O)CCC(=O)c1ccc(Br)cc1.Cl.NO.O=C(O)CCC(=O)c1ccc(Br)cc1.O=C1CCC(=O)O1.O=C1CCC(c2ccc(Br)cc2)N1.[Cl][Al]([Cl])[Cl].[Na+]. The zero-order valence-electron chi connectivity index (χ0n) is 46.9. The summed E-state index contributed by atoms with van der Waals surface area (Å²) in [5, 5.41) is 45.8. The predicted molar refractivity (Wildman–Crippen MR) is 343 cm³/mol. The number of methoxy groups -OCH3 is 2. The van der Waals surface area contributed by atoms with Gasteiger partial charge < -0.3 is 50.1 Å². The van der Waals surface area contributed by atoms with Crippen LogP contribution in [-0.4, -0.2) is 112 Å². The Morgan fingerprint density at radius 3 is 1.21 bits per heavy atom. The number of cyclic esters (lactones) is 2. The molecular formula is C55H62AlBr5Cl4N3NaO17. The zero-order chi connectivity index (χ0) is 64.6. The fourth-order valence-electron chi connectivity index (χ4n) is 5.72. The summed E-state index contributed by atoms with van der Waals surface area (Å²) in [7, 11) is 18.5. The second-order valence-corrected chi connectivity index (χ2v) is 26.6. The summed E-state index contributed by atoms with van der Waals surface area (Å²) >= 11 is 14.8. The quantitative estimate of drug-likeness (QED) is 0.00934. The Morgan fingerprint density at radius 1 is 0.605 bits per heavy atom. The Labute approximate surface area is 585 Å². The molecule has 2 aliphatic heterocycles. The number of esters is 4. The molecule has 1 unspecified atom stereocenters. The molecule has 0 radical (unpaired) electrons. The van der Waals surface area contributed by atoms with Gasteiger partial charge in [0.1, 0.15) is 0 Å². The predicted octanol–water partition coefficient (Wildman–Crippen LogP) is 9.17. The third kappa shape index (κ3) is 51.3. The van der Waals surface area contributed by atoms with E-state index in [4.69, 9.17) is 60.7 Å². The molecule has 7 rings (SSSR count). The molecule has 0 aliphatic carbocycles. The van der Waals surface area contributed by atoms with E-state index in [0.29, 0.717) is 29.7 Å². The standard InChI is InChI=1S/C11H12BrNO3.C11H11BrO3.C10H10BrNO.C10H9BrO3.C6H5Br.C4H4O3.C2H4O2.CH4O.Al.4ClH.H3NO.Na/c1-16-11(14)7-6-10(13-15)8-2-4-9(12)5-3-8;1-15-11(14)7-6-10(13)8-2-4-9(12)5-3-8;11-8-3-1-7(2-4-8)9-5-6-10(13)12-9;11-8-3-1-7(2-4-8)9(12)5-6-10(13)14;7-6-4-2-1-3-5-6;5-3-1-2-4(6)7-3;1-2(3)4;1-2;;;;;;1-2;/h2-5,15H,6-7H2,1H3;2-5H,6-7H2,1H3;1-4,9H,5-6H2,(H,12,13);1-4H,5-6H2,(H,13,14);1-5H;1-2H2;1H3,(H,3,4);2H,1H3;;4*1H;2H,1H2;/q;;;;;;;;+3;;;;;;+1/p-4/b13-10+;;;;;;;;;;;;;;. The van der Waals surface area contributed by atoms with E-state index in [1.54, 1.807) is 48.5 Å². The number of benzene rings is 5. The Hall–Kier alpha value is -3.63. The number of carboxylic acids is 2.